The van der Waals surface area contributed by atoms with Gasteiger partial charge in [-0.3, -0.25) is 0 Å². The third kappa shape index (κ3) is 2.35. The minimum Gasteiger partial charge on any atom is -0.320 e. The number of hydrogen-bond donors (Lipinski definition) is 1. The molecule has 1 nitrogen and oxygen atoms in total. The summed E-state index contributed by atoms with van der Waals surface area (Å²) in [5.41, 5.74) is 9.96. The molecular formula is C17H16FNS. The van der Waals surface area contributed by atoms with E-state index in [1.807, 2.05) is 0 Å². The number of benzene rings is 2. The lowest BCUT2D eigenvalue weighted by molar-refractivity contribution is 0.630. The molecule has 102 valence electrons. The lowest BCUT2D eigenvalue weighted by Gasteiger charge is -2.11. The van der Waals surface area contributed by atoms with Gasteiger partial charge in [0.25, 0.3) is 0 Å². The SMILES string of the molecule is Cc1ccc(C(N)c2cc3ccc(F)cc3s2)cc1C. The maximum atomic E-state index is 13.2. The van der Waals surface area contributed by atoms with E-state index in [4.69, 9.17) is 5.73 Å². The maximum Gasteiger partial charge on any atom is 0.124 e. The predicted octanol–water partition coefficient (Wildman–Crippen LogP) is 4.71. The van der Waals surface area contributed by atoms with E-state index in [9.17, 15) is 4.39 Å². The largest absolute Gasteiger partial charge is 0.320 e. The van der Waals surface area contributed by atoms with Crippen molar-refractivity contribution in [3.63, 3.8) is 0 Å². The first kappa shape index (κ1) is 13.3. The molecule has 1 atom stereocenters. The van der Waals surface area contributed by atoms with Crippen LogP contribution in [0.3, 0.4) is 0 Å². The third-order valence-electron chi connectivity index (χ3n) is 3.70. The molecule has 2 N–H and O–H groups in total. The summed E-state index contributed by atoms with van der Waals surface area (Å²) in [7, 11) is 0. The van der Waals surface area contributed by atoms with E-state index in [1.165, 1.54) is 17.2 Å². The van der Waals surface area contributed by atoms with Gasteiger partial charge in [-0.1, -0.05) is 24.3 Å². The monoisotopic (exact) mass is 285 g/mol. The van der Waals surface area contributed by atoms with Gasteiger partial charge in [0.1, 0.15) is 5.82 Å². The fraction of sp³-hybridized carbons (Fsp3) is 0.176. The molecule has 0 spiro atoms. The normalized spacial score (nSPS) is 12.8. The highest BCUT2D eigenvalue weighted by Gasteiger charge is 2.13. The molecule has 1 aromatic heterocycles. The van der Waals surface area contributed by atoms with Crippen molar-refractivity contribution in [3.05, 3.63) is 69.8 Å². The number of thiophene rings is 1. The molecule has 0 saturated heterocycles. The second-order valence-corrected chi connectivity index (χ2v) is 6.27. The van der Waals surface area contributed by atoms with E-state index in [2.05, 4.69) is 38.1 Å². The minimum absolute atomic E-state index is 0.158. The Morgan fingerprint density at radius 1 is 1.00 bits per heavy atom. The van der Waals surface area contributed by atoms with E-state index in [1.54, 1.807) is 23.5 Å². The van der Waals surface area contributed by atoms with Gasteiger partial charge in [0.2, 0.25) is 0 Å². The fourth-order valence-corrected chi connectivity index (χ4v) is 3.42. The first-order chi connectivity index (χ1) is 9.54. The van der Waals surface area contributed by atoms with Crippen molar-refractivity contribution in [1.82, 2.24) is 0 Å². The van der Waals surface area contributed by atoms with Crippen LogP contribution in [0.2, 0.25) is 0 Å². The van der Waals surface area contributed by atoms with Crippen LogP contribution in [0.15, 0.2) is 42.5 Å². The van der Waals surface area contributed by atoms with Crippen molar-refractivity contribution in [2.24, 2.45) is 5.73 Å². The summed E-state index contributed by atoms with van der Waals surface area (Å²) in [4.78, 5) is 1.06. The van der Waals surface area contributed by atoms with Gasteiger partial charge in [0, 0.05) is 9.58 Å². The Morgan fingerprint density at radius 2 is 1.80 bits per heavy atom. The molecule has 0 fully saturated rings. The Bertz CT molecular complexity index is 776. The zero-order valence-electron chi connectivity index (χ0n) is 11.5. The number of aryl methyl sites for hydroxylation is 2. The zero-order chi connectivity index (χ0) is 14.3. The summed E-state index contributed by atoms with van der Waals surface area (Å²) < 4.78 is 14.2. The Balaban J connectivity index is 2.02. The lowest BCUT2D eigenvalue weighted by Crippen LogP contribution is -2.10. The molecule has 0 bridgehead atoms. The molecule has 3 aromatic rings. The van der Waals surface area contributed by atoms with Gasteiger partial charge in [-0.05, 0) is 54.1 Å². The van der Waals surface area contributed by atoms with Crippen molar-refractivity contribution in [2.75, 3.05) is 0 Å². The number of rotatable bonds is 2. The smallest absolute Gasteiger partial charge is 0.124 e. The van der Waals surface area contributed by atoms with Gasteiger partial charge in [0.05, 0.1) is 6.04 Å². The van der Waals surface area contributed by atoms with Gasteiger partial charge < -0.3 is 5.73 Å². The first-order valence-corrected chi connectivity index (χ1v) is 7.38. The number of hydrogen-bond acceptors (Lipinski definition) is 2. The molecule has 0 aliphatic heterocycles. The average molecular weight is 285 g/mol. The van der Waals surface area contributed by atoms with E-state index in [0.29, 0.717) is 0 Å². The quantitative estimate of drug-likeness (QED) is 0.725. The van der Waals surface area contributed by atoms with Gasteiger partial charge in [0.15, 0.2) is 0 Å². The lowest BCUT2D eigenvalue weighted by atomic mass is 10.0. The molecule has 0 amide bonds. The standard InChI is InChI=1S/C17H16FNS/c1-10-3-4-13(7-11(10)2)17(19)16-8-12-5-6-14(18)9-15(12)20-16/h3-9,17H,19H2,1-2H3. The summed E-state index contributed by atoms with van der Waals surface area (Å²) >= 11 is 1.56. The molecule has 1 heterocycles. The van der Waals surface area contributed by atoms with Crippen molar-refractivity contribution < 1.29 is 4.39 Å². The Hall–Kier alpha value is -1.71. The van der Waals surface area contributed by atoms with Crippen LogP contribution in [0.1, 0.15) is 27.6 Å². The van der Waals surface area contributed by atoms with Crippen LogP contribution in [0.5, 0.6) is 0 Å². The molecular weight excluding hydrogens is 269 g/mol. The maximum absolute atomic E-state index is 13.2. The van der Waals surface area contributed by atoms with Gasteiger partial charge in [-0.2, -0.15) is 0 Å². The summed E-state index contributed by atoms with van der Waals surface area (Å²) in [5, 5.41) is 1.05. The number of nitrogens with two attached hydrogens (primary N) is 1. The third-order valence-corrected chi connectivity index (χ3v) is 4.88. The van der Waals surface area contributed by atoms with E-state index >= 15 is 0 Å². The predicted molar refractivity (Wildman–Crippen MR) is 83.7 cm³/mol. The van der Waals surface area contributed by atoms with Crippen LogP contribution in [0, 0.1) is 19.7 Å². The van der Waals surface area contributed by atoms with Crippen molar-refractivity contribution in [1.29, 1.82) is 0 Å². The van der Waals surface area contributed by atoms with Crippen LogP contribution in [0.4, 0.5) is 4.39 Å². The van der Waals surface area contributed by atoms with Crippen molar-refractivity contribution in [2.45, 2.75) is 19.9 Å². The molecule has 0 aliphatic carbocycles. The Labute approximate surface area is 121 Å². The van der Waals surface area contributed by atoms with Crippen molar-refractivity contribution in [3.8, 4) is 0 Å². The minimum atomic E-state index is -0.203. The van der Waals surface area contributed by atoms with Crippen LogP contribution in [0.25, 0.3) is 10.1 Å². The number of halogens is 1. The van der Waals surface area contributed by atoms with E-state index < -0.39 is 0 Å². The summed E-state index contributed by atoms with van der Waals surface area (Å²) in [6.07, 6.45) is 0. The van der Waals surface area contributed by atoms with E-state index in [0.717, 1.165) is 20.5 Å². The Kier molecular flexibility index (Phi) is 3.32. The zero-order valence-corrected chi connectivity index (χ0v) is 12.3. The fourth-order valence-electron chi connectivity index (χ4n) is 2.30. The molecule has 3 heteroatoms. The van der Waals surface area contributed by atoms with Gasteiger partial charge >= 0.3 is 0 Å². The van der Waals surface area contributed by atoms with Crippen LogP contribution >= 0.6 is 11.3 Å². The van der Waals surface area contributed by atoms with Gasteiger partial charge in [-0.15, -0.1) is 11.3 Å². The van der Waals surface area contributed by atoms with Gasteiger partial charge in [-0.25, -0.2) is 4.39 Å². The van der Waals surface area contributed by atoms with Crippen LogP contribution in [-0.2, 0) is 0 Å². The molecule has 20 heavy (non-hydrogen) atoms. The Morgan fingerprint density at radius 3 is 2.55 bits per heavy atom. The second kappa shape index (κ2) is 5.00. The topological polar surface area (TPSA) is 26.0 Å². The highest BCUT2D eigenvalue weighted by atomic mass is 32.1. The highest BCUT2D eigenvalue weighted by Crippen LogP contribution is 2.32. The number of fused-ring (bicyclic) bond motifs is 1. The summed E-state index contributed by atoms with van der Waals surface area (Å²) in [6.45, 7) is 4.18. The summed E-state index contributed by atoms with van der Waals surface area (Å²) in [6, 6.07) is 13.0. The average Bonchev–Trinajstić information content (AvgIpc) is 2.84. The summed E-state index contributed by atoms with van der Waals surface area (Å²) in [5.74, 6) is -0.203. The molecule has 3 rings (SSSR count). The molecule has 0 aliphatic rings. The first-order valence-electron chi connectivity index (χ1n) is 6.56. The van der Waals surface area contributed by atoms with E-state index in [-0.39, 0.29) is 11.9 Å². The van der Waals surface area contributed by atoms with Crippen LogP contribution in [-0.4, -0.2) is 0 Å². The molecule has 0 saturated carbocycles. The van der Waals surface area contributed by atoms with Crippen LogP contribution < -0.4 is 5.73 Å². The second-order valence-electron chi connectivity index (χ2n) is 5.15. The highest BCUT2D eigenvalue weighted by molar-refractivity contribution is 7.19. The molecule has 0 radical (unpaired) electrons. The van der Waals surface area contributed by atoms with Crippen molar-refractivity contribution >= 4 is 21.4 Å². The molecule has 1 unspecified atom stereocenters. The molecule has 2 aromatic carbocycles.